The van der Waals surface area contributed by atoms with Gasteiger partial charge < -0.3 is 15.0 Å². The van der Waals surface area contributed by atoms with Crippen LogP contribution in [0.5, 0.6) is 0 Å². The third kappa shape index (κ3) is 3.10. The van der Waals surface area contributed by atoms with Crippen molar-refractivity contribution in [2.45, 2.75) is 45.4 Å². The van der Waals surface area contributed by atoms with Gasteiger partial charge in [-0.15, -0.1) is 0 Å². The van der Waals surface area contributed by atoms with E-state index in [4.69, 9.17) is 4.74 Å². The fourth-order valence-electron chi connectivity index (χ4n) is 2.86. The third-order valence-electron chi connectivity index (χ3n) is 3.99. The van der Waals surface area contributed by atoms with E-state index >= 15 is 0 Å². The summed E-state index contributed by atoms with van der Waals surface area (Å²) < 4.78 is 5.74. The predicted octanol–water partition coefficient (Wildman–Crippen LogP) is 2.97. The smallest absolute Gasteiger partial charge is 0.0723 e. The summed E-state index contributed by atoms with van der Waals surface area (Å²) in [5.41, 5.74) is 2.75. The van der Waals surface area contributed by atoms with Gasteiger partial charge in [0.1, 0.15) is 0 Å². The highest BCUT2D eigenvalue weighted by molar-refractivity contribution is 5.56. The highest BCUT2D eigenvalue weighted by Crippen LogP contribution is 2.31. The summed E-state index contributed by atoms with van der Waals surface area (Å²) in [6.45, 7) is 8.40. The molecule has 0 aromatic heterocycles. The van der Waals surface area contributed by atoms with Crippen LogP contribution < -0.4 is 10.2 Å². The van der Waals surface area contributed by atoms with E-state index in [2.05, 4.69) is 55.3 Å². The molecule has 0 saturated carbocycles. The van der Waals surface area contributed by atoms with Crippen molar-refractivity contribution >= 4 is 5.69 Å². The number of benzene rings is 1. The molecule has 3 nitrogen and oxygen atoms in total. The first-order valence-corrected chi connectivity index (χ1v) is 7.31. The number of para-hydroxylation sites is 1. The molecule has 1 N–H and O–H groups in total. The van der Waals surface area contributed by atoms with Gasteiger partial charge in [-0.05, 0) is 38.9 Å². The second kappa shape index (κ2) is 6.40. The molecule has 3 atom stereocenters. The first kappa shape index (κ1) is 14.4. The molecule has 1 fully saturated rings. The molecule has 1 aromatic carbocycles. The fraction of sp³-hybridized carbons (Fsp3) is 0.625. The van der Waals surface area contributed by atoms with Gasteiger partial charge in [0, 0.05) is 24.3 Å². The van der Waals surface area contributed by atoms with Crippen molar-refractivity contribution in [1.82, 2.24) is 5.32 Å². The summed E-state index contributed by atoms with van der Waals surface area (Å²) in [4.78, 5) is 2.49. The van der Waals surface area contributed by atoms with E-state index < -0.39 is 0 Å². The van der Waals surface area contributed by atoms with Crippen LogP contribution in [0.2, 0.25) is 0 Å². The van der Waals surface area contributed by atoms with E-state index in [1.54, 1.807) is 0 Å². The molecular weight excluding hydrogens is 236 g/mol. The van der Waals surface area contributed by atoms with Crippen LogP contribution in [0.15, 0.2) is 24.3 Å². The largest absolute Gasteiger partial charge is 0.375 e. The molecule has 0 aliphatic carbocycles. The molecule has 1 aromatic rings. The number of hydrogen-bond donors (Lipinski definition) is 1. The zero-order chi connectivity index (χ0) is 13.8. The highest BCUT2D eigenvalue weighted by atomic mass is 16.5. The number of nitrogens with one attached hydrogen (secondary N) is 1. The van der Waals surface area contributed by atoms with Crippen molar-refractivity contribution in [3.63, 3.8) is 0 Å². The first-order valence-electron chi connectivity index (χ1n) is 7.31. The van der Waals surface area contributed by atoms with E-state index in [1.807, 2.05) is 7.05 Å². The molecule has 106 valence electrons. The Hall–Kier alpha value is -1.06. The van der Waals surface area contributed by atoms with Crippen LogP contribution in [-0.4, -0.2) is 32.3 Å². The minimum absolute atomic E-state index is 0.305. The number of anilines is 1. The van der Waals surface area contributed by atoms with Gasteiger partial charge in [0.2, 0.25) is 0 Å². The Bertz CT molecular complexity index is 403. The second-order valence-electron chi connectivity index (χ2n) is 5.45. The van der Waals surface area contributed by atoms with E-state index in [1.165, 1.54) is 11.3 Å². The van der Waals surface area contributed by atoms with Crippen molar-refractivity contribution < 1.29 is 4.74 Å². The van der Waals surface area contributed by atoms with Crippen LogP contribution in [0.1, 0.15) is 38.8 Å². The number of rotatable bonds is 4. The topological polar surface area (TPSA) is 24.5 Å². The first-order chi connectivity index (χ1) is 9.17. The van der Waals surface area contributed by atoms with Gasteiger partial charge in [-0.1, -0.05) is 25.1 Å². The van der Waals surface area contributed by atoms with Crippen LogP contribution in [0, 0.1) is 0 Å². The standard InChI is InChI=1S/C16H26N2O/c1-5-15(17-4)14-8-6-7-9-16(14)18-10-13(3)19-11-12(18)2/h6-9,12-13,15,17H,5,10-11H2,1-4H3. The lowest BCUT2D eigenvalue weighted by Gasteiger charge is -2.40. The Morgan fingerprint density at radius 2 is 2.11 bits per heavy atom. The summed E-state index contributed by atoms with van der Waals surface area (Å²) in [6, 6.07) is 9.60. The number of hydrogen-bond acceptors (Lipinski definition) is 3. The molecule has 0 spiro atoms. The molecule has 1 aliphatic rings. The van der Waals surface area contributed by atoms with Crippen molar-refractivity contribution in [2.75, 3.05) is 25.1 Å². The summed E-state index contributed by atoms with van der Waals surface area (Å²) in [6.07, 6.45) is 1.40. The van der Waals surface area contributed by atoms with Gasteiger partial charge in [0.25, 0.3) is 0 Å². The normalized spacial score (nSPS) is 25.4. The Balaban J connectivity index is 2.32. The van der Waals surface area contributed by atoms with Crippen LogP contribution in [-0.2, 0) is 4.74 Å². The molecule has 0 amide bonds. The Labute approximate surface area is 116 Å². The summed E-state index contributed by atoms with van der Waals surface area (Å²) in [7, 11) is 2.04. The lowest BCUT2D eigenvalue weighted by molar-refractivity contribution is 0.0343. The Morgan fingerprint density at radius 1 is 1.37 bits per heavy atom. The van der Waals surface area contributed by atoms with Gasteiger partial charge in [0.05, 0.1) is 12.7 Å². The molecule has 1 aliphatic heterocycles. The zero-order valence-electron chi connectivity index (χ0n) is 12.5. The van der Waals surface area contributed by atoms with Crippen LogP contribution in [0.3, 0.4) is 0 Å². The summed E-state index contributed by atoms with van der Waals surface area (Å²) >= 11 is 0. The zero-order valence-corrected chi connectivity index (χ0v) is 12.5. The Kier molecular flexibility index (Phi) is 4.83. The van der Waals surface area contributed by atoms with Crippen LogP contribution in [0.25, 0.3) is 0 Å². The molecule has 3 heteroatoms. The van der Waals surface area contributed by atoms with Crippen molar-refractivity contribution in [1.29, 1.82) is 0 Å². The van der Waals surface area contributed by atoms with Crippen molar-refractivity contribution in [2.24, 2.45) is 0 Å². The highest BCUT2D eigenvalue weighted by Gasteiger charge is 2.26. The number of ether oxygens (including phenoxy) is 1. The average Bonchev–Trinajstić information content (AvgIpc) is 2.44. The van der Waals surface area contributed by atoms with E-state index in [0.29, 0.717) is 18.2 Å². The molecule has 0 radical (unpaired) electrons. The molecule has 19 heavy (non-hydrogen) atoms. The van der Waals surface area contributed by atoms with Gasteiger partial charge in [-0.25, -0.2) is 0 Å². The molecular formula is C16H26N2O. The maximum atomic E-state index is 5.74. The van der Waals surface area contributed by atoms with Crippen molar-refractivity contribution in [3.8, 4) is 0 Å². The quantitative estimate of drug-likeness (QED) is 0.903. The van der Waals surface area contributed by atoms with Gasteiger partial charge in [-0.3, -0.25) is 0 Å². The SMILES string of the molecule is CCC(NC)c1ccccc1N1CC(C)OCC1C. The minimum atomic E-state index is 0.305. The average molecular weight is 262 g/mol. The predicted molar refractivity (Wildman–Crippen MR) is 80.8 cm³/mol. The maximum Gasteiger partial charge on any atom is 0.0723 e. The van der Waals surface area contributed by atoms with Gasteiger partial charge >= 0.3 is 0 Å². The van der Waals surface area contributed by atoms with Gasteiger partial charge in [-0.2, -0.15) is 0 Å². The van der Waals surface area contributed by atoms with E-state index in [9.17, 15) is 0 Å². The Morgan fingerprint density at radius 3 is 2.79 bits per heavy atom. The fourth-order valence-corrected chi connectivity index (χ4v) is 2.86. The summed E-state index contributed by atoms with van der Waals surface area (Å²) in [5.74, 6) is 0. The van der Waals surface area contributed by atoms with E-state index in [-0.39, 0.29) is 0 Å². The summed E-state index contributed by atoms with van der Waals surface area (Å²) in [5, 5.41) is 3.42. The van der Waals surface area contributed by atoms with Gasteiger partial charge in [0.15, 0.2) is 0 Å². The minimum Gasteiger partial charge on any atom is -0.375 e. The molecule has 1 heterocycles. The maximum absolute atomic E-state index is 5.74. The lowest BCUT2D eigenvalue weighted by Crippen LogP contribution is -2.48. The second-order valence-corrected chi connectivity index (χ2v) is 5.45. The van der Waals surface area contributed by atoms with E-state index in [0.717, 1.165) is 19.6 Å². The molecule has 0 bridgehead atoms. The number of morpholine rings is 1. The van der Waals surface area contributed by atoms with Crippen LogP contribution >= 0.6 is 0 Å². The number of nitrogens with zero attached hydrogens (tertiary/aromatic N) is 1. The monoisotopic (exact) mass is 262 g/mol. The van der Waals surface area contributed by atoms with Crippen molar-refractivity contribution in [3.05, 3.63) is 29.8 Å². The van der Waals surface area contributed by atoms with Crippen LogP contribution in [0.4, 0.5) is 5.69 Å². The molecule has 1 saturated heterocycles. The molecule has 2 rings (SSSR count). The third-order valence-corrected chi connectivity index (χ3v) is 3.99. The molecule has 3 unspecified atom stereocenters. The lowest BCUT2D eigenvalue weighted by atomic mass is 10.00.